The molecule has 2 aromatic rings. The van der Waals surface area contributed by atoms with Gasteiger partial charge in [0.2, 0.25) is 0 Å². The third-order valence-electron chi connectivity index (χ3n) is 3.02. The molecule has 2 aromatic carbocycles. The zero-order chi connectivity index (χ0) is 10.4. The van der Waals surface area contributed by atoms with E-state index in [0.29, 0.717) is 0 Å². The third kappa shape index (κ3) is 1.19. The van der Waals surface area contributed by atoms with Crippen molar-refractivity contribution in [3.05, 3.63) is 47.5 Å². The van der Waals surface area contributed by atoms with Gasteiger partial charge in [0.15, 0.2) is 6.29 Å². The van der Waals surface area contributed by atoms with Crippen LogP contribution in [0, 0.1) is 0 Å². The number of hydrogen-bond donors (Lipinski definition) is 1. The SMILES string of the molecule is C[C@@H]1OC(O)c2c1ccc1ccccc21. The fraction of sp³-hybridized carbons (Fsp3) is 0.231. The molecule has 2 atom stereocenters. The molecule has 0 bridgehead atoms. The molecular formula is C13H12O2. The predicted molar refractivity (Wildman–Crippen MR) is 58.4 cm³/mol. The zero-order valence-electron chi connectivity index (χ0n) is 8.47. The number of aliphatic hydroxyl groups is 1. The molecule has 0 radical (unpaired) electrons. The zero-order valence-corrected chi connectivity index (χ0v) is 8.47. The van der Waals surface area contributed by atoms with Gasteiger partial charge in [-0.25, -0.2) is 0 Å². The standard InChI is InChI=1S/C13H12O2/c1-8-10-7-6-9-4-2-3-5-11(9)12(10)13(14)15-8/h2-8,13-14H,1H3/t8-,13?/m0/s1. The lowest BCUT2D eigenvalue weighted by atomic mass is 9.98. The molecule has 0 saturated heterocycles. The first-order valence-corrected chi connectivity index (χ1v) is 5.12. The molecular weight excluding hydrogens is 188 g/mol. The molecule has 1 aliphatic heterocycles. The lowest BCUT2D eigenvalue weighted by Crippen LogP contribution is -1.94. The minimum atomic E-state index is -0.777. The number of aliphatic hydroxyl groups excluding tert-OH is 1. The highest BCUT2D eigenvalue weighted by Crippen LogP contribution is 2.41. The van der Waals surface area contributed by atoms with Crippen molar-refractivity contribution in [2.24, 2.45) is 0 Å². The lowest BCUT2D eigenvalue weighted by Gasteiger charge is -2.06. The molecule has 15 heavy (non-hydrogen) atoms. The summed E-state index contributed by atoms with van der Waals surface area (Å²) in [6.07, 6.45) is -0.791. The van der Waals surface area contributed by atoms with Gasteiger partial charge in [0.1, 0.15) is 0 Å². The summed E-state index contributed by atoms with van der Waals surface area (Å²) in [4.78, 5) is 0. The Hall–Kier alpha value is -1.38. The van der Waals surface area contributed by atoms with E-state index in [1.54, 1.807) is 0 Å². The van der Waals surface area contributed by atoms with E-state index in [9.17, 15) is 5.11 Å². The Kier molecular flexibility index (Phi) is 1.81. The Bertz CT molecular complexity index is 519. The second kappa shape index (κ2) is 3.05. The second-order valence-corrected chi connectivity index (χ2v) is 3.92. The Labute approximate surface area is 88.1 Å². The molecule has 0 spiro atoms. The molecule has 0 aliphatic carbocycles. The second-order valence-electron chi connectivity index (χ2n) is 3.92. The minimum Gasteiger partial charge on any atom is -0.364 e. The summed E-state index contributed by atoms with van der Waals surface area (Å²) in [5, 5.41) is 12.1. The Morgan fingerprint density at radius 1 is 1.13 bits per heavy atom. The Morgan fingerprint density at radius 3 is 2.80 bits per heavy atom. The van der Waals surface area contributed by atoms with Gasteiger partial charge in [-0.2, -0.15) is 0 Å². The van der Waals surface area contributed by atoms with Gasteiger partial charge in [-0.05, 0) is 23.3 Å². The highest BCUT2D eigenvalue weighted by Gasteiger charge is 2.28. The maximum absolute atomic E-state index is 9.83. The lowest BCUT2D eigenvalue weighted by molar-refractivity contribution is -0.114. The molecule has 76 valence electrons. The van der Waals surface area contributed by atoms with Gasteiger partial charge in [-0.15, -0.1) is 0 Å². The van der Waals surface area contributed by atoms with E-state index in [-0.39, 0.29) is 6.10 Å². The van der Waals surface area contributed by atoms with Gasteiger partial charge in [-0.1, -0.05) is 36.4 Å². The van der Waals surface area contributed by atoms with Crippen LogP contribution in [0.3, 0.4) is 0 Å². The van der Waals surface area contributed by atoms with Gasteiger partial charge in [-0.3, -0.25) is 0 Å². The van der Waals surface area contributed by atoms with Crippen LogP contribution in [0.25, 0.3) is 10.8 Å². The van der Waals surface area contributed by atoms with Crippen LogP contribution in [0.4, 0.5) is 0 Å². The van der Waals surface area contributed by atoms with Crippen molar-refractivity contribution >= 4 is 10.8 Å². The van der Waals surface area contributed by atoms with Crippen LogP contribution in [-0.2, 0) is 4.74 Å². The van der Waals surface area contributed by atoms with E-state index in [1.807, 2.05) is 37.3 Å². The molecule has 0 amide bonds. The molecule has 0 aromatic heterocycles. The Balaban J connectivity index is 2.39. The predicted octanol–water partition coefficient (Wildman–Crippen LogP) is 2.92. The fourth-order valence-corrected chi connectivity index (χ4v) is 2.28. The van der Waals surface area contributed by atoms with Gasteiger partial charge < -0.3 is 9.84 Å². The van der Waals surface area contributed by atoms with Gasteiger partial charge >= 0.3 is 0 Å². The number of rotatable bonds is 0. The monoisotopic (exact) mass is 200 g/mol. The summed E-state index contributed by atoms with van der Waals surface area (Å²) < 4.78 is 5.40. The number of ether oxygens (including phenoxy) is 1. The van der Waals surface area contributed by atoms with E-state index in [2.05, 4.69) is 6.07 Å². The average Bonchev–Trinajstić information content (AvgIpc) is 2.55. The van der Waals surface area contributed by atoms with Crippen molar-refractivity contribution in [2.75, 3.05) is 0 Å². The van der Waals surface area contributed by atoms with Crippen LogP contribution in [0.15, 0.2) is 36.4 Å². The first kappa shape index (κ1) is 8.89. The van der Waals surface area contributed by atoms with E-state index in [0.717, 1.165) is 21.9 Å². The summed E-state index contributed by atoms with van der Waals surface area (Å²) in [6.45, 7) is 1.96. The quantitative estimate of drug-likeness (QED) is 0.708. The highest BCUT2D eigenvalue weighted by molar-refractivity contribution is 5.87. The Morgan fingerprint density at radius 2 is 1.93 bits per heavy atom. The fourth-order valence-electron chi connectivity index (χ4n) is 2.28. The maximum atomic E-state index is 9.83. The minimum absolute atomic E-state index is 0.0143. The first-order valence-electron chi connectivity index (χ1n) is 5.12. The molecule has 2 heteroatoms. The molecule has 1 N–H and O–H groups in total. The van der Waals surface area contributed by atoms with E-state index < -0.39 is 6.29 Å². The van der Waals surface area contributed by atoms with Crippen LogP contribution in [-0.4, -0.2) is 5.11 Å². The van der Waals surface area contributed by atoms with Crippen molar-refractivity contribution < 1.29 is 9.84 Å². The summed E-state index contributed by atoms with van der Waals surface area (Å²) in [5.74, 6) is 0. The van der Waals surface area contributed by atoms with Crippen molar-refractivity contribution in [3.8, 4) is 0 Å². The first-order chi connectivity index (χ1) is 7.27. The van der Waals surface area contributed by atoms with Crippen LogP contribution in [0.2, 0.25) is 0 Å². The van der Waals surface area contributed by atoms with E-state index in [1.165, 1.54) is 0 Å². The van der Waals surface area contributed by atoms with Crippen molar-refractivity contribution in [2.45, 2.75) is 19.3 Å². The van der Waals surface area contributed by atoms with Crippen LogP contribution in [0.5, 0.6) is 0 Å². The van der Waals surface area contributed by atoms with Crippen molar-refractivity contribution in [3.63, 3.8) is 0 Å². The number of hydrogen-bond acceptors (Lipinski definition) is 2. The van der Waals surface area contributed by atoms with E-state index in [4.69, 9.17) is 4.74 Å². The number of fused-ring (bicyclic) bond motifs is 3. The van der Waals surface area contributed by atoms with Crippen molar-refractivity contribution in [1.29, 1.82) is 0 Å². The van der Waals surface area contributed by atoms with Crippen molar-refractivity contribution in [1.82, 2.24) is 0 Å². The van der Waals surface area contributed by atoms with Crippen LogP contribution >= 0.6 is 0 Å². The van der Waals surface area contributed by atoms with E-state index >= 15 is 0 Å². The largest absolute Gasteiger partial charge is 0.364 e. The van der Waals surface area contributed by atoms with Crippen LogP contribution in [0.1, 0.15) is 30.4 Å². The summed E-state index contributed by atoms with van der Waals surface area (Å²) in [6, 6.07) is 12.2. The number of benzene rings is 2. The topological polar surface area (TPSA) is 29.5 Å². The normalized spacial score (nSPS) is 24.4. The smallest absolute Gasteiger partial charge is 0.182 e. The molecule has 3 rings (SSSR count). The molecule has 1 heterocycles. The summed E-state index contributed by atoms with van der Waals surface area (Å²) in [7, 11) is 0. The van der Waals surface area contributed by atoms with Crippen LogP contribution < -0.4 is 0 Å². The summed E-state index contributed by atoms with van der Waals surface area (Å²) in [5.41, 5.74) is 2.03. The molecule has 1 unspecified atom stereocenters. The molecule has 1 aliphatic rings. The molecule has 0 saturated carbocycles. The molecule has 0 fully saturated rings. The average molecular weight is 200 g/mol. The molecule has 2 nitrogen and oxygen atoms in total. The van der Waals surface area contributed by atoms with Gasteiger partial charge in [0.25, 0.3) is 0 Å². The van der Waals surface area contributed by atoms with Gasteiger partial charge in [0, 0.05) is 5.56 Å². The van der Waals surface area contributed by atoms with Gasteiger partial charge in [0.05, 0.1) is 6.10 Å². The highest BCUT2D eigenvalue weighted by atomic mass is 16.6. The maximum Gasteiger partial charge on any atom is 0.182 e. The summed E-state index contributed by atoms with van der Waals surface area (Å²) >= 11 is 0. The third-order valence-corrected chi connectivity index (χ3v) is 3.02.